The summed E-state index contributed by atoms with van der Waals surface area (Å²) in [6.07, 6.45) is 8.35. The lowest BCUT2D eigenvalue weighted by atomic mass is 9.84. The summed E-state index contributed by atoms with van der Waals surface area (Å²) >= 11 is 0. The van der Waals surface area contributed by atoms with Gasteiger partial charge in [-0.25, -0.2) is 4.98 Å². The van der Waals surface area contributed by atoms with Crippen LogP contribution in [0, 0.1) is 0 Å². The maximum Gasteiger partial charge on any atom is 0.108 e. The highest BCUT2D eigenvalue weighted by Gasteiger charge is 2.28. The van der Waals surface area contributed by atoms with Crippen LogP contribution in [-0.4, -0.2) is 9.55 Å². The van der Waals surface area contributed by atoms with Gasteiger partial charge in [0.15, 0.2) is 0 Å². The van der Waals surface area contributed by atoms with Crippen LogP contribution in [-0.2, 0) is 12.8 Å². The van der Waals surface area contributed by atoms with E-state index in [1.807, 2.05) is 6.20 Å². The molecule has 100 valence electrons. The van der Waals surface area contributed by atoms with Crippen LogP contribution in [0.2, 0.25) is 0 Å². The summed E-state index contributed by atoms with van der Waals surface area (Å²) in [7, 11) is 0. The minimum atomic E-state index is 0.0785. The maximum absolute atomic E-state index is 6.50. The van der Waals surface area contributed by atoms with E-state index in [0.717, 1.165) is 25.7 Å². The molecule has 3 rings (SSSR count). The molecule has 1 aliphatic carbocycles. The lowest BCUT2D eigenvalue weighted by molar-refractivity contribution is 0.361. The Balaban J connectivity index is 1.93. The minimum absolute atomic E-state index is 0.0785. The van der Waals surface area contributed by atoms with Crippen molar-refractivity contribution >= 4 is 0 Å². The maximum atomic E-state index is 6.50. The molecule has 0 saturated carbocycles. The summed E-state index contributed by atoms with van der Waals surface area (Å²) in [5.74, 6) is 1.17. The number of aryl methyl sites for hydroxylation is 2. The smallest absolute Gasteiger partial charge is 0.108 e. The molecule has 3 nitrogen and oxygen atoms in total. The van der Waals surface area contributed by atoms with Crippen LogP contribution in [0.15, 0.2) is 36.7 Å². The van der Waals surface area contributed by atoms with Crippen LogP contribution in [0.25, 0.3) is 0 Å². The highest BCUT2D eigenvalue weighted by Crippen LogP contribution is 2.36. The van der Waals surface area contributed by atoms with Gasteiger partial charge >= 0.3 is 0 Å². The zero-order chi connectivity index (χ0) is 13.2. The molecule has 0 bridgehead atoms. The number of rotatable bonds is 3. The molecule has 1 aromatic carbocycles. The number of nitrogens with two attached hydrogens (primary N) is 1. The third kappa shape index (κ3) is 2.19. The van der Waals surface area contributed by atoms with Gasteiger partial charge in [0.05, 0.1) is 12.1 Å². The standard InChI is InChI=1S/C16H21N3/c1-2-5-15-18-10-11-19(15)14-9-8-12-6-3-4-7-13(12)16(14)17/h3-4,6-7,10-11,14,16H,2,5,8-9,17H2,1H3. The van der Waals surface area contributed by atoms with Crippen LogP contribution >= 0.6 is 0 Å². The summed E-state index contributed by atoms with van der Waals surface area (Å²) in [6.45, 7) is 2.19. The normalized spacial score (nSPS) is 22.2. The summed E-state index contributed by atoms with van der Waals surface area (Å²) in [4.78, 5) is 4.48. The van der Waals surface area contributed by atoms with Gasteiger partial charge in [0.25, 0.3) is 0 Å². The van der Waals surface area contributed by atoms with Gasteiger partial charge in [-0.2, -0.15) is 0 Å². The number of imidazole rings is 1. The molecular weight excluding hydrogens is 234 g/mol. The summed E-state index contributed by atoms with van der Waals surface area (Å²) in [6, 6.07) is 8.98. The summed E-state index contributed by atoms with van der Waals surface area (Å²) < 4.78 is 2.30. The monoisotopic (exact) mass is 255 g/mol. The third-order valence-electron chi connectivity index (χ3n) is 4.12. The average Bonchev–Trinajstić information content (AvgIpc) is 2.88. The van der Waals surface area contributed by atoms with E-state index in [9.17, 15) is 0 Å². The molecule has 0 fully saturated rings. The molecule has 2 N–H and O–H groups in total. The van der Waals surface area contributed by atoms with Gasteiger partial charge in [-0.05, 0) is 30.4 Å². The molecule has 0 saturated heterocycles. The van der Waals surface area contributed by atoms with Crippen molar-refractivity contribution in [3.05, 3.63) is 53.6 Å². The van der Waals surface area contributed by atoms with E-state index in [1.54, 1.807) is 0 Å². The fraction of sp³-hybridized carbons (Fsp3) is 0.438. The van der Waals surface area contributed by atoms with E-state index in [2.05, 4.69) is 46.9 Å². The highest BCUT2D eigenvalue weighted by atomic mass is 15.1. The fourth-order valence-electron chi connectivity index (χ4n) is 3.15. The first-order chi connectivity index (χ1) is 9.31. The highest BCUT2D eigenvalue weighted by molar-refractivity contribution is 5.33. The van der Waals surface area contributed by atoms with Crippen LogP contribution in [0.3, 0.4) is 0 Å². The topological polar surface area (TPSA) is 43.8 Å². The first-order valence-corrected chi connectivity index (χ1v) is 7.16. The number of fused-ring (bicyclic) bond motifs is 1. The van der Waals surface area contributed by atoms with Crippen molar-refractivity contribution in [3.63, 3.8) is 0 Å². The van der Waals surface area contributed by atoms with Gasteiger partial charge in [-0.3, -0.25) is 0 Å². The zero-order valence-electron chi connectivity index (χ0n) is 11.4. The predicted molar refractivity (Wildman–Crippen MR) is 77.0 cm³/mol. The van der Waals surface area contributed by atoms with Crippen LogP contribution in [0.1, 0.15) is 48.8 Å². The Labute approximate surface area is 114 Å². The van der Waals surface area contributed by atoms with Gasteiger partial charge in [0.2, 0.25) is 0 Å². The van der Waals surface area contributed by atoms with Gasteiger partial charge in [-0.15, -0.1) is 0 Å². The Morgan fingerprint density at radius 2 is 2.21 bits per heavy atom. The molecule has 2 atom stereocenters. The second kappa shape index (κ2) is 5.17. The number of hydrogen-bond donors (Lipinski definition) is 1. The molecule has 0 aliphatic heterocycles. The zero-order valence-corrected chi connectivity index (χ0v) is 11.4. The molecule has 0 radical (unpaired) electrons. The molecule has 19 heavy (non-hydrogen) atoms. The van der Waals surface area contributed by atoms with E-state index in [1.165, 1.54) is 17.0 Å². The third-order valence-corrected chi connectivity index (χ3v) is 4.12. The molecule has 2 unspecified atom stereocenters. The number of benzene rings is 1. The van der Waals surface area contributed by atoms with Gasteiger partial charge in [0, 0.05) is 18.8 Å². The predicted octanol–water partition coefficient (Wildman–Crippen LogP) is 3.02. The van der Waals surface area contributed by atoms with Gasteiger partial charge < -0.3 is 10.3 Å². The Kier molecular flexibility index (Phi) is 3.38. The van der Waals surface area contributed by atoms with Crippen molar-refractivity contribution in [1.82, 2.24) is 9.55 Å². The second-order valence-corrected chi connectivity index (χ2v) is 5.33. The van der Waals surface area contributed by atoms with Gasteiger partial charge in [0.1, 0.15) is 5.82 Å². The van der Waals surface area contributed by atoms with Crippen molar-refractivity contribution in [1.29, 1.82) is 0 Å². The molecule has 2 aromatic rings. The largest absolute Gasteiger partial charge is 0.330 e. The molecule has 1 aliphatic rings. The van der Waals surface area contributed by atoms with E-state index in [4.69, 9.17) is 5.73 Å². The van der Waals surface area contributed by atoms with Crippen molar-refractivity contribution in [2.75, 3.05) is 0 Å². The Hall–Kier alpha value is -1.61. The molecule has 0 spiro atoms. The Morgan fingerprint density at radius 1 is 1.37 bits per heavy atom. The Morgan fingerprint density at radius 3 is 3.05 bits per heavy atom. The summed E-state index contributed by atoms with van der Waals surface area (Å²) in [5.41, 5.74) is 9.21. The molecule has 3 heteroatoms. The van der Waals surface area contributed by atoms with Crippen LogP contribution in [0.4, 0.5) is 0 Å². The molecular formula is C16H21N3. The van der Waals surface area contributed by atoms with Crippen molar-refractivity contribution in [2.24, 2.45) is 5.73 Å². The SMILES string of the molecule is CCCc1nccn1C1CCc2ccccc2C1N. The van der Waals surface area contributed by atoms with E-state index in [-0.39, 0.29) is 6.04 Å². The number of nitrogens with zero attached hydrogens (tertiary/aromatic N) is 2. The molecule has 1 heterocycles. The van der Waals surface area contributed by atoms with E-state index < -0.39 is 0 Å². The second-order valence-electron chi connectivity index (χ2n) is 5.33. The number of aromatic nitrogens is 2. The molecule has 1 aromatic heterocycles. The first-order valence-electron chi connectivity index (χ1n) is 7.16. The van der Waals surface area contributed by atoms with Crippen molar-refractivity contribution in [2.45, 2.75) is 44.7 Å². The van der Waals surface area contributed by atoms with Crippen molar-refractivity contribution < 1.29 is 0 Å². The van der Waals surface area contributed by atoms with Crippen LogP contribution in [0.5, 0.6) is 0 Å². The van der Waals surface area contributed by atoms with E-state index >= 15 is 0 Å². The lowest BCUT2D eigenvalue weighted by Crippen LogP contribution is -2.30. The quantitative estimate of drug-likeness (QED) is 0.916. The van der Waals surface area contributed by atoms with Gasteiger partial charge in [-0.1, -0.05) is 31.2 Å². The molecule has 0 amide bonds. The number of hydrogen-bond acceptors (Lipinski definition) is 2. The average molecular weight is 255 g/mol. The fourth-order valence-corrected chi connectivity index (χ4v) is 3.15. The summed E-state index contributed by atoms with van der Waals surface area (Å²) in [5, 5.41) is 0. The van der Waals surface area contributed by atoms with Crippen molar-refractivity contribution in [3.8, 4) is 0 Å². The van der Waals surface area contributed by atoms with Crippen LogP contribution < -0.4 is 5.73 Å². The lowest BCUT2D eigenvalue weighted by Gasteiger charge is -2.33. The van der Waals surface area contributed by atoms with E-state index in [0.29, 0.717) is 6.04 Å². The first kappa shape index (κ1) is 12.4. The minimum Gasteiger partial charge on any atom is -0.330 e. The Bertz CT molecular complexity index is 559.